The molecular weight excluding hydrogens is 384 g/mol. The van der Waals surface area contributed by atoms with Gasteiger partial charge in [-0.1, -0.05) is 44.2 Å². The molecule has 0 aromatic heterocycles. The number of nitrogens with one attached hydrogen (secondary N) is 1. The Bertz CT molecular complexity index is 727. The Morgan fingerprint density at radius 3 is 2.30 bits per heavy atom. The van der Waals surface area contributed by atoms with Crippen molar-refractivity contribution in [2.75, 3.05) is 13.6 Å². The van der Waals surface area contributed by atoms with E-state index in [-0.39, 0.29) is 17.7 Å². The van der Waals surface area contributed by atoms with Crippen molar-refractivity contribution in [3.8, 4) is 0 Å². The van der Waals surface area contributed by atoms with Gasteiger partial charge in [0.25, 0.3) is 0 Å². The summed E-state index contributed by atoms with van der Waals surface area (Å²) in [6, 6.07) is -2.22. The molecule has 1 heterocycles. The number of primary amides is 1. The van der Waals surface area contributed by atoms with Crippen molar-refractivity contribution < 1.29 is 19.2 Å². The number of carbonyl (C=O) groups excluding carboxylic acids is 4. The zero-order valence-electron chi connectivity index (χ0n) is 18.5. The molecule has 0 spiro atoms. The maximum Gasteiger partial charge on any atom is 0.246 e. The van der Waals surface area contributed by atoms with Crippen molar-refractivity contribution in [3.63, 3.8) is 0 Å². The van der Waals surface area contributed by atoms with E-state index in [0.717, 1.165) is 0 Å². The van der Waals surface area contributed by atoms with Crippen molar-refractivity contribution in [1.29, 1.82) is 0 Å². The lowest BCUT2D eigenvalue weighted by molar-refractivity contribution is -0.142. The molecule has 8 heteroatoms. The molecule has 0 bridgehead atoms. The molecule has 0 unspecified atom stereocenters. The van der Waals surface area contributed by atoms with Gasteiger partial charge in [-0.3, -0.25) is 19.2 Å². The van der Waals surface area contributed by atoms with Crippen LogP contribution in [0.2, 0.25) is 0 Å². The van der Waals surface area contributed by atoms with E-state index in [1.807, 2.05) is 32.9 Å². The minimum absolute atomic E-state index is 0.168. The largest absolute Gasteiger partial charge is 0.368 e. The predicted octanol–water partition coefficient (Wildman–Crippen LogP) is 1.14. The van der Waals surface area contributed by atoms with Crippen molar-refractivity contribution >= 4 is 23.6 Å². The molecule has 1 aliphatic rings. The second-order valence-electron chi connectivity index (χ2n) is 7.73. The molecule has 1 fully saturated rings. The van der Waals surface area contributed by atoms with Gasteiger partial charge in [-0.25, -0.2) is 0 Å². The van der Waals surface area contributed by atoms with E-state index in [1.165, 1.54) is 15.9 Å². The molecular formula is C22H34N4O4. The number of hydrogen-bond donors (Lipinski definition) is 2. The highest BCUT2D eigenvalue weighted by atomic mass is 16.2. The molecule has 30 heavy (non-hydrogen) atoms. The van der Waals surface area contributed by atoms with Gasteiger partial charge in [0, 0.05) is 19.7 Å². The standard InChI is InChI=1S/C22H34N4O4/c1-6-7-8-9-10-13-18(27)25(5)19(15(2)3)21(29)24-16(4)22(30)26-14-11-12-17(26)20(23)28/h6-10,13,15-17,19H,11-12,14H2,1-5H3,(H2,23,28)(H,24,29)/b7-6+,9-8+,13-10+/t16-,17+,19-/m0/s1. The third-order valence-corrected chi connectivity index (χ3v) is 5.02. The number of likely N-dealkylation sites (N-methyl/N-ethyl adjacent to an activating group) is 1. The highest BCUT2D eigenvalue weighted by molar-refractivity contribution is 5.96. The normalized spacial score (nSPS) is 19.0. The minimum atomic E-state index is -0.832. The lowest BCUT2D eigenvalue weighted by atomic mass is 10.0. The van der Waals surface area contributed by atoms with Gasteiger partial charge in [-0.2, -0.15) is 0 Å². The molecule has 0 aliphatic carbocycles. The Kier molecular flexibility index (Phi) is 10.0. The predicted molar refractivity (Wildman–Crippen MR) is 116 cm³/mol. The van der Waals surface area contributed by atoms with Gasteiger partial charge in [0.1, 0.15) is 18.1 Å². The van der Waals surface area contributed by atoms with Gasteiger partial charge in [0.05, 0.1) is 0 Å². The first-order valence-electron chi connectivity index (χ1n) is 10.2. The van der Waals surface area contributed by atoms with Gasteiger partial charge in [-0.15, -0.1) is 0 Å². The van der Waals surface area contributed by atoms with E-state index < -0.39 is 29.9 Å². The van der Waals surface area contributed by atoms with Gasteiger partial charge in [0.2, 0.25) is 23.6 Å². The highest BCUT2D eigenvalue weighted by Crippen LogP contribution is 2.18. The van der Waals surface area contributed by atoms with E-state index in [1.54, 1.807) is 32.2 Å². The lowest BCUT2D eigenvalue weighted by Crippen LogP contribution is -2.56. The molecule has 1 saturated heterocycles. The summed E-state index contributed by atoms with van der Waals surface area (Å²) in [5.41, 5.74) is 5.38. The molecule has 0 radical (unpaired) electrons. The van der Waals surface area contributed by atoms with E-state index >= 15 is 0 Å². The van der Waals surface area contributed by atoms with Crippen molar-refractivity contribution in [1.82, 2.24) is 15.1 Å². The van der Waals surface area contributed by atoms with E-state index in [9.17, 15) is 19.2 Å². The van der Waals surface area contributed by atoms with E-state index in [0.29, 0.717) is 19.4 Å². The Labute approximate surface area is 178 Å². The first-order valence-corrected chi connectivity index (χ1v) is 10.2. The second-order valence-corrected chi connectivity index (χ2v) is 7.73. The molecule has 4 amide bonds. The van der Waals surface area contributed by atoms with Crippen molar-refractivity contribution in [3.05, 3.63) is 36.5 Å². The smallest absolute Gasteiger partial charge is 0.246 e. The lowest BCUT2D eigenvalue weighted by Gasteiger charge is -2.31. The van der Waals surface area contributed by atoms with Crippen LogP contribution >= 0.6 is 0 Å². The van der Waals surface area contributed by atoms with Crippen LogP contribution in [0.25, 0.3) is 0 Å². The highest BCUT2D eigenvalue weighted by Gasteiger charge is 2.36. The number of amides is 4. The molecule has 0 aromatic carbocycles. The number of nitrogens with two attached hydrogens (primary N) is 1. The minimum Gasteiger partial charge on any atom is -0.368 e. The molecule has 166 valence electrons. The molecule has 3 atom stereocenters. The fourth-order valence-corrected chi connectivity index (χ4v) is 3.49. The number of nitrogens with zero attached hydrogens (tertiary/aromatic N) is 2. The number of hydrogen-bond acceptors (Lipinski definition) is 4. The van der Waals surface area contributed by atoms with Crippen molar-refractivity contribution in [2.45, 2.75) is 58.7 Å². The maximum atomic E-state index is 12.9. The Morgan fingerprint density at radius 2 is 1.73 bits per heavy atom. The second kappa shape index (κ2) is 11.9. The molecule has 0 aromatic rings. The van der Waals surface area contributed by atoms with Crippen LogP contribution in [0.5, 0.6) is 0 Å². The fourth-order valence-electron chi connectivity index (χ4n) is 3.49. The van der Waals surface area contributed by atoms with E-state index in [2.05, 4.69) is 5.32 Å². The number of likely N-dealkylation sites (tertiary alicyclic amines) is 1. The third-order valence-electron chi connectivity index (χ3n) is 5.02. The Balaban J connectivity index is 2.82. The van der Waals surface area contributed by atoms with Gasteiger partial charge >= 0.3 is 0 Å². The quantitative estimate of drug-likeness (QED) is 0.432. The van der Waals surface area contributed by atoms with Crippen LogP contribution in [0, 0.1) is 5.92 Å². The molecule has 0 saturated carbocycles. The summed E-state index contributed by atoms with van der Waals surface area (Å²) in [6.45, 7) is 7.56. The monoisotopic (exact) mass is 418 g/mol. The van der Waals surface area contributed by atoms with Crippen LogP contribution in [0.4, 0.5) is 0 Å². The fraction of sp³-hybridized carbons (Fsp3) is 0.545. The first-order chi connectivity index (χ1) is 14.1. The van der Waals surface area contributed by atoms with Crippen LogP contribution in [0.1, 0.15) is 40.5 Å². The number of rotatable bonds is 9. The molecule has 1 aliphatic heterocycles. The average molecular weight is 419 g/mol. The summed E-state index contributed by atoms with van der Waals surface area (Å²) in [5, 5.41) is 2.69. The van der Waals surface area contributed by atoms with Crippen molar-refractivity contribution in [2.24, 2.45) is 11.7 Å². The SMILES string of the molecule is C/C=C/C=C/C=C/C(=O)N(C)[C@H](C(=O)N[C@@H](C)C(=O)N1CCC[C@@H]1C(N)=O)C(C)C. The zero-order chi connectivity index (χ0) is 22.8. The van der Waals surface area contributed by atoms with Crippen LogP contribution in [0.3, 0.4) is 0 Å². The maximum absolute atomic E-state index is 12.9. The molecule has 8 nitrogen and oxygen atoms in total. The Hall–Kier alpha value is -2.90. The summed E-state index contributed by atoms with van der Waals surface area (Å²) < 4.78 is 0. The Morgan fingerprint density at radius 1 is 1.10 bits per heavy atom. The summed E-state index contributed by atoms with van der Waals surface area (Å²) in [4.78, 5) is 52.4. The summed E-state index contributed by atoms with van der Waals surface area (Å²) in [6.07, 6.45) is 11.4. The van der Waals surface area contributed by atoms with Crippen LogP contribution in [0.15, 0.2) is 36.5 Å². The zero-order valence-corrected chi connectivity index (χ0v) is 18.5. The molecule has 1 rings (SSSR count). The van der Waals surface area contributed by atoms with Gasteiger partial charge in [-0.05, 0) is 32.6 Å². The van der Waals surface area contributed by atoms with Crippen LogP contribution in [-0.4, -0.2) is 65.1 Å². The first kappa shape index (κ1) is 25.1. The van der Waals surface area contributed by atoms with E-state index in [4.69, 9.17) is 5.73 Å². The third kappa shape index (κ3) is 6.86. The summed E-state index contributed by atoms with van der Waals surface area (Å²) in [7, 11) is 1.56. The number of carbonyl (C=O) groups is 4. The average Bonchev–Trinajstić information content (AvgIpc) is 3.16. The summed E-state index contributed by atoms with van der Waals surface area (Å²) >= 11 is 0. The number of allylic oxidation sites excluding steroid dienone is 5. The topological polar surface area (TPSA) is 113 Å². The van der Waals surface area contributed by atoms with Gasteiger partial charge in [0.15, 0.2) is 0 Å². The van der Waals surface area contributed by atoms with Gasteiger partial charge < -0.3 is 20.9 Å². The summed E-state index contributed by atoms with van der Waals surface area (Å²) in [5.74, 6) is -1.80. The molecule has 3 N–H and O–H groups in total. The van der Waals surface area contributed by atoms with Crippen LogP contribution in [-0.2, 0) is 19.2 Å². The van der Waals surface area contributed by atoms with Crippen LogP contribution < -0.4 is 11.1 Å².